The number of anilines is 1. The quantitative estimate of drug-likeness (QED) is 0.735. The molecule has 3 aromatic rings. The number of furan rings is 1. The van der Waals surface area contributed by atoms with E-state index in [-0.39, 0.29) is 11.3 Å². The molecule has 0 spiro atoms. The van der Waals surface area contributed by atoms with Crippen molar-refractivity contribution < 1.29 is 17.4 Å². The molecule has 0 saturated heterocycles. The lowest BCUT2D eigenvalue weighted by atomic mass is 10.1. The van der Waals surface area contributed by atoms with Gasteiger partial charge in [0.2, 0.25) is 0 Å². The van der Waals surface area contributed by atoms with Gasteiger partial charge in [0.15, 0.2) is 0 Å². The Balaban J connectivity index is 1.71. The predicted octanol–water partition coefficient (Wildman–Crippen LogP) is 4.57. The van der Waals surface area contributed by atoms with Crippen LogP contribution in [0.3, 0.4) is 0 Å². The molecule has 2 aromatic carbocycles. The van der Waals surface area contributed by atoms with Crippen LogP contribution in [0.1, 0.15) is 5.76 Å². The fraction of sp³-hybridized carbons (Fsp3) is 0.111. The van der Waals surface area contributed by atoms with Crippen LogP contribution in [-0.4, -0.2) is 10.5 Å². The lowest BCUT2D eigenvalue weighted by Crippen LogP contribution is -1.98. The number of nitrogens with one attached hydrogen (secondary N) is 1. The van der Waals surface area contributed by atoms with Crippen molar-refractivity contribution in [3.05, 3.63) is 72.0 Å². The Morgan fingerprint density at radius 2 is 1.67 bits per heavy atom. The number of hydrogen-bond acceptors (Lipinski definition) is 3. The fourth-order valence-electron chi connectivity index (χ4n) is 2.29. The fourth-order valence-corrected chi connectivity index (χ4v) is 2.81. The second-order valence-electron chi connectivity index (χ2n) is 5.19. The van der Waals surface area contributed by atoms with E-state index < -0.39 is 22.4 Å². The first-order valence-electron chi connectivity index (χ1n) is 7.25. The van der Waals surface area contributed by atoms with E-state index in [1.807, 2.05) is 12.1 Å². The maximum atomic E-state index is 13.8. The molecule has 0 bridgehead atoms. The molecule has 1 N–H and O–H groups in total. The van der Waals surface area contributed by atoms with E-state index in [1.165, 1.54) is 18.2 Å². The van der Waals surface area contributed by atoms with E-state index in [0.717, 1.165) is 10.6 Å². The summed E-state index contributed by atoms with van der Waals surface area (Å²) in [5.41, 5.74) is 0.665. The highest BCUT2D eigenvalue weighted by Gasteiger charge is 2.14. The molecule has 3 rings (SSSR count). The van der Waals surface area contributed by atoms with E-state index in [2.05, 4.69) is 5.32 Å². The molecular formula is C18H15F2NO2S. The Labute approximate surface area is 140 Å². The van der Waals surface area contributed by atoms with Crippen LogP contribution in [0.5, 0.6) is 0 Å². The van der Waals surface area contributed by atoms with Crippen molar-refractivity contribution >= 4 is 16.5 Å². The molecule has 3 nitrogen and oxygen atoms in total. The smallest absolute Gasteiger partial charge is 0.140 e. The second kappa shape index (κ2) is 6.97. The molecule has 0 aliphatic carbocycles. The summed E-state index contributed by atoms with van der Waals surface area (Å²) >= 11 is 0. The summed E-state index contributed by atoms with van der Waals surface area (Å²) in [6.45, 7) is 0.366. The monoisotopic (exact) mass is 347 g/mol. The van der Waals surface area contributed by atoms with Gasteiger partial charge in [0.1, 0.15) is 23.2 Å². The maximum Gasteiger partial charge on any atom is 0.140 e. The first-order chi connectivity index (χ1) is 11.5. The minimum atomic E-state index is -1.02. The maximum absolute atomic E-state index is 13.8. The summed E-state index contributed by atoms with van der Waals surface area (Å²) in [4.78, 5) is 0.746. The van der Waals surface area contributed by atoms with Gasteiger partial charge < -0.3 is 9.73 Å². The zero-order valence-corrected chi connectivity index (χ0v) is 13.7. The van der Waals surface area contributed by atoms with Crippen LogP contribution in [0.4, 0.5) is 14.5 Å². The highest BCUT2D eigenvalue weighted by Crippen LogP contribution is 2.28. The first-order valence-corrected chi connectivity index (χ1v) is 8.81. The Hall–Kier alpha value is -2.47. The summed E-state index contributed by atoms with van der Waals surface area (Å²) in [6, 6.07) is 14.1. The molecule has 0 fully saturated rings. The number of hydrogen-bond donors (Lipinski definition) is 1. The SMILES string of the molecule is C[S@](=O)c1ccc(NCc2ccc(-c3c(F)cccc3F)o2)cc1. The summed E-state index contributed by atoms with van der Waals surface area (Å²) in [7, 11) is -1.02. The van der Waals surface area contributed by atoms with Gasteiger partial charge in [0.05, 0.1) is 12.1 Å². The molecule has 24 heavy (non-hydrogen) atoms. The molecule has 6 heteroatoms. The highest BCUT2D eigenvalue weighted by molar-refractivity contribution is 7.84. The van der Waals surface area contributed by atoms with E-state index in [9.17, 15) is 13.0 Å². The average Bonchev–Trinajstić information content (AvgIpc) is 3.02. The molecule has 0 radical (unpaired) electrons. The van der Waals surface area contributed by atoms with Crippen LogP contribution < -0.4 is 5.32 Å². The zero-order valence-electron chi connectivity index (χ0n) is 12.9. The van der Waals surface area contributed by atoms with Gasteiger partial charge in [-0.3, -0.25) is 4.21 Å². The molecule has 1 aromatic heterocycles. The predicted molar refractivity (Wildman–Crippen MR) is 90.2 cm³/mol. The third kappa shape index (κ3) is 3.54. The van der Waals surface area contributed by atoms with Gasteiger partial charge in [-0.15, -0.1) is 0 Å². The average molecular weight is 347 g/mol. The summed E-state index contributed by atoms with van der Waals surface area (Å²) in [5, 5.41) is 3.14. The van der Waals surface area contributed by atoms with Crippen molar-refractivity contribution in [2.75, 3.05) is 11.6 Å². The van der Waals surface area contributed by atoms with Crippen molar-refractivity contribution in [3.63, 3.8) is 0 Å². The van der Waals surface area contributed by atoms with E-state index in [4.69, 9.17) is 4.42 Å². The van der Waals surface area contributed by atoms with Crippen molar-refractivity contribution in [2.45, 2.75) is 11.4 Å². The molecular weight excluding hydrogens is 332 g/mol. The lowest BCUT2D eigenvalue weighted by molar-refractivity contribution is 0.515. The van der Waals surface area contributed by atoms with Gasteiger partial charge in [-0.25, -0.2) is 8.78 Å². The minimum Gasteiger partial charge on any atom is -0.459 e. The van der Waals surface area contributed by atoms with Gasteiger partial charge in [-0.1, -0.05) is 6.07 Å². The van der Waals surface area contributed by atoms with Gasteiger partial charge in [-0.05, 0) is 48.5 Å². The molecule has 1 atom stereocenters. The van der Waals surface area contributed by atoms with Gasteiger partial charge in [-0.2, -0.15) is 0 Å². The third-order valence-corrected chi connectivity index (χ3v) is 4.46. The highest BCUT2D eigenvalue weighted by atomic mass is 32.2. The lowest BCUT2D eigenvalue weighted by Gasteiger charge is -2.05. The van der Waals surface area contributed by atoms with Gasteiger partial charge >= 0.3 is 0 Å². The largest absolute Gasteiger partial charge is 0.459 e. The van der Waals surface area contributed by atoms with Gasteiger partial charge in [0, 0.05) is 27.6 Å². The molecule has 124 valence electrons. The Bertz CT molecular complexity index is 855. The molecule has 0 aliphatic heterocycles. The Morgan fingerprint density at radius 1 is 1.00 bits per heavy atom. The van der Waals surface area contributed by atoms with E-state index in [0.29, 0.717) is 12.3 Å². The minimum absolute atomic E-state index is 0.152. The standard InChI is InChI=1S/C18H15F2NO2S/c1-24(22)14-8-5-12(6-9-14)21-11-13-7-10-17(23-13)18-15(19)3-2-4-16(18)20/h2-10,21H,11H2,1H3/t24-/m0/s1. The molecule has 0 amide bonds. The number of rotatable bonds is 5. The summed E-state index contributed by atoms with van der Waals surface area (Å²) < 4.78 is 44.4. The van der Waals surface area contributed by atoms with Crippen molar-refractivity contribution in [1.29, 1.82) is 0 Å². The normalized spacial score (nSPS) is 12.1. The van der Waals surface area contributed by atoms with E-state index >= 15 is 0 Å². The Morgan fingerprint density at radius 3 is 2.29 bits per heavy atom. The van der Waals surface area contributed by atoms with Crippen LogP contribution in [-0.2, 0) is 17.3 Å². The van der Waals surface area contributed by atoms with Crippen LogP contribution in [0.2, 0.25) is 0 Å². The van der Waals surface area contributed by atoms with Crippen LogP contribution >= 0.6 is 0 Å². The summed E-state index contributed by atoms with van der Waals surface area (Å²) in [6.07, 6.45) is 1.62. The molecule has 1 heterocycles. The summed E-state index contributed by atoms with van der Waals surface area (Å²) in [5.74, 6) is -0.617. The molecule has 0 aliphatic rings. The number of halogens is 2. The Kier molecular flexibility index (Phi) is 4.76. The molecule has 0 unspecified atom stereocenters. The van der Waals surface area contributed by atoms with Crippen molar-refractivity contribution in [3.8, 4) is 11.3 Å². The van der Waals surface area contributed by atoms with Crippen molar-refractivity contribution in [1.82, 2.24) is 0 Å². The van der Waals surface area contributed by atoms with E-state index in [1.54, 1.807) is 30.5 Å². The van der Waals surface area contributed by atoms with Crippen molar-refractivity contribution in [2.24, 2.45) is 0 Å². The number of benzene rings is 2. The molecule has 0 saturated carbocycles. The zero-order chi connectivity index (χ0) is 17.1. The van der Waals surface area contributed by atoms with Crippen LogP contribution in [0.15, 0.2) is 63.9 Å². The topological polar surface area (TPSA) is 42.2 Å². The first kappa shape index (κ1) is 16.4. The van der Waals surface area contributed by atoms with Crippen LogP contribution in [0.25, 0.3) is 11.3 Å². The third-order valence-electron chi connectivity index (χ3n) is 3.52. The van der Waals surface area contributed by atoms with Gasteiger partial charge in [0.25, 0.3) is 0 Å². The van der Waals surface area contributed by atoms with Crippen LogP contribution in [0, 0.1) is 11.6 Å². The second-order valence-corrected chi connectivity index (χ2v) is 6.57.